The van der Waals surface area contributed by atoms with Crippen molar-refractivity contribution in [2.24, 2.45) is 5.73 Å². The van der Waals surface area contributed by atoms with Crippen LogP contribution in [0.4, 0.5) is 0 Å². The van der Waals surface area contributed by atoms with Crippen LogP contribution in [0.5, 0.6) is 0 Å². The Labute approximate surface area is 86.1 Å². The van der Waals surface area contributed by atoms with Gasteiger partial charge >= 0.3 is 0 Å². The minimum Gasteiger partial charge on any atom is -0.395 e. The average molecular weight is 202 g/mol. The van der Waals surface area contributed by atoms with E-state index in [0.29, 0.717) is 6.54 Å². The summed E-state index contributed by atoms with van der Waals surface area (Å²) in [5.41, 5.74) is 4.98. The molecule has 1 unspecified atom stereocenters. The first kappa shape index (κ1) is 13.5. The molecule has 0 heterocycles. The van der Waals surface area contributed by atoms with Gasteiger partial charge in [-0.15, -0.1) is 0 Å². The quantitative estimate of drug-likeness (QED) is 0.636. The predicted molar refractivity (Wildman–Crippen MR) is 57.1 cm³/mol. The zero-order valence-electron chi connectivity index (χ0n) is 9.58. The minimum atomic E-state index is -0.592. The van der Waals surface area contributed by atoms with E-state index < -0.39 is 11.6 Å². The molecule has 4 heteroatoms. The highest BCUT2D eigenvalue weighted by molar-refractivity contribution is 5.91. The van der Waals surface area contributed by atoms with Gasteiger partial charge in [-0.3, -0.25) is 9.69 Å². The fourth-order valence-corrected chi connectivity index (χ4v) is 1.67. The zero-order chi connectivity index (χ0) is 11.4. The van der Waals surface area contributed by atoms with E-state index in [9.17, 15) is 4.79 Å². The van der Waals surface area contributed by atoms with Gasteiger partial charge in [0.1, 0.15) is 0 Å². The summed E-state index contributed by atoms with van der Waals surface area (Å²) in [6.45, 7) is 8.63. The maximum absolute atomic E-state index is 11.8. The van der Waals surface area contributed by atoms with E-state index in [-0.39, 0.29) is 12.4 Å². The molecular weight excluding hydrogens is 180 g/mol. The Morgan fingerprint density at radius 3 is 2.36 bits per heavy atom. The highest BCUT2D eigenvalue weighted by Crippen LogP contribution is 2.16. The largest absolute Gasteiger partial charge is 0.395 e. The number of carbonyl (C=O) groups is 1. The first-order chi connectivity index (χ1) is 6.37. The molecule has 0 aliphatic heterocycles. The van der Waals surface area contributed by atoms with Gasteiger partial charge in [0.25, 0.3) is 0 Å². The zero-order valence-corrected chi connectivity index (χ0v) is 9.58. The van der Waals surface area contributed by atoms with Crippen LogP contribution in [0.25, 0.3) is 0 Å². The van der Waals surface area contributed by atoms with Crippen molar-refractivity contribution in [3.05, 3.63) is 0 Å². The third kappa shape index (κ3) is 3.04. The Balaban J connectivity index is 4.62. The Bertz CT molecular complexity index is 191. The van der Waals surface area contributed by atoms with Crippen LogP contribution >= 0.6 is 0 Å². The molecule has 0 amide bonds. The van der Waals surface area contributed by atoms with E-state index in [0.717, 1.165) is 6.54 Å². The van der Waals surface area contributed by atoms with Crippen molar-refractivity contribution in [1.82, 2.24) is 4.90 Å². The summed E-state index contributed by atoms with van der Waals surface area (Å²) in [6.07, 6.45) is 0. The average Bonchev–Trinajstić information content (AvgIpc) is 2.12. The number of hydrogen-bond donors (Lipinski definition) is 2. The molecule has 0 saturated heterocycles. The molecular formula is C10H22N2O2. The number of rotatable bonds is 6. The predicted octanol–water partition coefficient (Wildman–Crippen LogP) is -0.00450. The molecule has 0 aliphatic rings. The number of nitrogens with two attached hydrogens (primary N) is 1. The fraction of sp³-hybridized carbons (Fsp3) is 0.900. The van der Waals surface area contributed by atoms with Crippen LogP contribution in [0.15, 0.2) is 0 Å². The van der Waals surface area contributed by atoms with Crippen LogP contribution in [0, 0.1) is 0 Å². The standard InChI is InChI=1S/C10H22N2O2/c1-5-12(6-7-13)10(3,4)9(14)8(2)11/h8,13H,5-7,11H2,1-4H3. The Morgan fingerprint density at radius 2 is 2.07 bits per heavy atom. The lowest BCUT2D eigenvalue weighted by molar-refractivity contribution is -0.130. The fourth-order valence-electron chi connectivity index (χ4n) is 1.67. The van der Waals surface area contributed by atoms with Crippen LogP contribution < -0.4 is 5.73 Å². The lowest BCUT2D eigenvalue weighted by atomic mass is 9.92. The molecule has 0 spiro atoms. The van der Waals surface area contributed by atoms with Crippen molar-refractivity contribution in [2.75, 3.05) is 19.7 Å². The second kappa shape index (κ2) is 5.44. The first-order valence-corrected chi connectivity index (χ1v) is 5.03. The summed E-state index contributed by atoms with van der Waals surface area (Å²) in [5, 5.41) is 8.87. The Kier molecular flexibility index (Phi) is 5.26. The highest BCUT2D eigenvalue weighted by atomic mass is 16.3. The van der Waals surface area contributed by atoms with Gasteiger partial charge in [-0.2, -0.15) is 0 Å². The van der Waals surface area contributed by atoms with E-state index in [2.05, 4.69) is 0 Å². The van der Waals surface area contributed by atoms with Crippen LogP contribution in [-0.4, -0.2) is 47.1 Å². The molecule has 0 aliphatic carbocycles. The normalized spacial score (nSPS) is 14.5. The molecule has 0 aromatic carbocycles. The lowest BCUT2D eigenvalue weighted by Gasteiger charge is -2.37. The van der Waals surface area contributed by atoms with Crippen LogP contribution in [-0.2, 0) is 4.79 Å². The van der Waals surface area contributed by atoms with Crippen molar-refractivity contribution in [1.29, 1.82) is 0 Å². The number of hydrogen-bond acceptors (Lipinski definition) is 4. The number of aliphatic hydroxyl groups excluding tert-OH is 1. The SMILES string of the molecule is CCN(CCO)C(C)(C)C(=O)C(C)N. The number of Topliss-reactive ketones (excluding diaryl/α,β-unsaturated/α-hetero) is 1. The van der Waals surface area contributed by atoms with Gasteiger partial charge in [0.15, 0.2) is 5.78 Å². The van der Waals surface area contributed by atoms with Gasteiger partial charge in [-0.1, -0.05) is 6.92 Å². The van der Waals surface area contributed by atoms with Gasteiger partial charge in [-0.05, 0) is 27.3 Å². The van der Waals surface area contributed by atoms with Crippen molar-refractivity contribution in [3.63, 3.8) is 0 Å². The second-order valence-electron chi connectivity index (χ2n) is 4.02. The molecule has 3 N–H and O–H groups in total. The molecule has 0 rings (SSSR count). The molecule has 0 aromatic heterocycles. The van der Waals surface area contributed by atoms with E-state index in [1.165, 1.54) is 0 Å². The summed E-state index contributed by atoms with van der Waals surface area (Å²) < 4.78 is 0. The molecule has 0 bridgehead atoms. The van der Waals surface area contributed by atoms with E-state index in [1.54, 1.807) is 6.92 Å². The third-order valence-corrected chi connectivity index (χ3v) is 2.56. The summed E-state index contributed by atoms with van der Waals surface area (Å²) in [4.78, 5) is 13.7. The number of carbonyl (C=O) groups excluding carboxylic acids is 1. The number of likely N-dealkylation sites (N-methyl/N-ethyl adjacent to an activating group) is 1. The van der Waals surface area contributed by atoms with Crippen molar-refractivity contribution >= 4 is 5.78 Å². The molecule has 0 saturated carbocycles. The van der Waals surface area contributed by atoms with Crippen molar-refractivity contribution in [2.45, 2.75) is 39.3 Å². The van der Waals surface area contributed by atoms with Crippen LogP contribution in [0.1, 0.15) is 27.7 Å². The number of nitrogens with zero attached hydrogens (tertiary/aromatic N) is 1. The van der Waals surface area contributed by atoms with Crippen LogP contribution in [0.3, 0.4) is 0 Å². The highest BCUT2D eigenvalue weighted by Gasteiger charge is 2.34. The smallest absolute Gasteiger partial charge is 0.168 e. The van der Waals surface area contributed by atoms with Gasteiger partial charge in [0.05, 0.1) is 18.2 Å². The monoisotopic (exact) mass is 202 g/mol. The molecule has 84 valence electrons. The first-order valence-electron chi connectivity index (χ1n) is 5.03. The van der Waals surface area contributed by atoms with Gasteiger partial charge in [-0.25, -0.2) is 0 Å². The molecule has 1 atom stereocenters. The van der Waals surface area contributed by atoms with E-state index in [1.807, 2.05) is 25.7 Å². The third-order valence-electron chi connectivity index (χ3n) is 2.56. The summed E-state index contributed by atoms with van der Waals surface area (Å²) in [7, 11) is 0. The molecule has 4 nitrogen and oxygen atoms in total. The topological polar surface area (TPSA) is 66.6 Å². The van der Waals surface area contributed by atoms with Gasteiger partial charge < -0.3 is 10.8 Å². The summed E-state index contributed by atoms with van der Waals surface area (Å²) in [6, 6.07) is -0.460. The lowest BCUT2D eigenvalue weighted by Crippen LogP contribution is -2.55. The molecule has 0 fully saturated rings. The van der Waals surface area contributed by atoms with Crippen molar-refractivity contribution in [3.8, 4) is 0 Å². The van der Waals surface area contributed by atoms with Gasteiger partial charge in [0, 0.05) is 6.54 Å². The minimum absolute atomic E-state index is 0.00722. The second-order valence-corrected chi connectivity index (χ2v) is 4.02. The maximum Gasteiger partial charge on any atom is 0.168 e. The Morgan fingerprint density at radius 1 is 1.57 bits per heavy atom. The van der Waals surface area contributed by atoms with Crippen molar-refractivity contribution < 1.29 is 9.90 Å². The molecule has 14 heavy (non-hydrogen) atoms. The van der Waals surface area contributed by atoms with Crippen LogP contribution in [0.2, 0.25) is 0 Å². The van der Waals surface area contributed by atoms with Gasteiger partial charge in [0.2, 0.25) is 0 Å². The molecule has 0 aromatic rings. The number of ketones is 1. The van der Waals surface area contributed by atoms with E-state index >= 15 is 0 Å². The number of β-amino-alcohol motifs (C(OH)–C–C–N with tert-alkyl or cyclic N) is 1. The number of aliphatic hydroxyl groups is 1. The maximum atomic E-state index is 11.8. The summed E-state index contributed by atoms with van der Waals surface area (Å²) in [5.74, 6) is 0.00722. The molecule has 0 radical (unpaired) electrons. The summed E-state index contributed by atoms with van der Waals surface area (Å²) >= 11 is 0. The Hall–Kier alpha value is -0.450. The van der Waals surface area contributed by atoms with E-state index in [4.69, 9.17) is 10.8 Å².